The zero-order chi connectivity index (χ0) is 20.5. The van der Waals surface area contributed by atoms with Gasteiger partial charge in [-0.3, -0.25) is 9.89 Å². The Kier molecular flexibility index (Phi) is 4.98. The van der Waals surface area contributed by atoms with Crippen LogP contribution in [0.25, 0.3) is 33.5 Å². The molecule has 0 spiro atoms. The fourth-order valence-electron chi connectivity index (χ4n) is 3.15. The predicted octanol–water partition coefficient (Wildman–Crippen LogP) is 3.07. The van der Waals surface area contributed by atoms with Gasteiger partial charge in [-0.25, -0.2) is 13.8 Å². The fraction of sp³-hybridized carbons (Fsp3) is 0.250. The number of fused-ring (bicyclic) bond motifs is 2. The summed E-state index contributed by atoms with van der Waals surface area (Å²) in [6.07, 6.45) is 0.851. The number of rotatable bonds is 6. The summed E-state index contributed by atoms with van der Waals surface area (Å²) in [4.78, 5) is 21.8. The van der Waals surface area contributed by atoms with E-state index in [1.165, 1.54) is 0 Å². The van der Waals surface area contributed by atoms with Crippen molar-refractivity contribution in [3.05, 3.63) is 47.5 Å². The average Bonchev–Trinajstić information content (AvgIpc) is 3.28. The molecule has 2 heterocycles. The van der Waals surface area contributed by atoms with Crippen molar-refractivity contribution in [1.29, 1.82) is 0 Å². The Hall–Kier alpha value is -3.33. The number of hydrogen-bond donors (Lipinski definition) is 3. The molecule has 150 valence electrons. The lowest BCUT2D eigenvalue weighted by molar-refractivity contribution is 0.0952. The van der Waals surface area contributed by atoms with Crippen LogP contribution in [0.2, 0.25) is 0 Å². The maximum absolute atomic E-state index is 13.5. The van der Waals surface area contributed by atoms with E-state index in [1.807, 2.05) is 14.1 Å². The maximum Gasteiger partial charge on any atom is 0.251 e. The molecule has 0 bridgehead atoms. The first kappa shape index (κ1) is 19.0. The van der Waals surface area contributed by atoms with E-state index in [4.69, 9.17) is 0 Å². The predicted molar refractivity (Wildman–Crippen MR) is 107 cm³/mol. The molecule has 0 saturated carbocycles. The van der Waals surface area contributed by atoms with Gasteiger partial charge < -0.3 is 15.2 Å². The number of aromatic amines is 2. The number of carbonyl (C=O) groups excluding carboxylic acids is 1. The first-order valence-corrected chi connectivity index (χ1v) is 9.18. The molecule has 0 aliphatic rings. The number of carbonyl (C=O) groups is 1. The number of H-pyrrole nitrogens is 2. The number of nitrogens with zero attached hydrogens (tertiary/aromatic N) is 3. The summed E-state index contributed by atoms with van der Waals surface area (Å²) >= 11 is 0. The van der Waals surface area contributed by atoms with E-state index in [-0.39, 0.29) is 5.91 Å². The molecule has 0 radical (unpaired) electrons. The van der Waals surface area contributed by atoms with Gasteiger partial charge in [-0.05, 0) is 45.3 Å². The van der Waals surface area contributed by atoms with E-state index in [0.29, 0.717) is 40.0 Å². The normalized spacial score (nSPS) is 11.6. The Morgan fingerprint density at radius 2 is 1.93 bits per heavy atom. The van der Waals surface area contributed by atoms with Gasteiger partial charge in [0.25, 0.3) is 5.91 Å². The number of imidazole rings is 1. The van der Waals surface area contributed by atoms with E-state index in [0.717, 1.165) is 30.6 Å². The summed E-state index contributed by atoms with van der Waals surface area (Å²) in [5.74, 6) is -1.73. The van der Waals surface area contributed by atoms with E-state index >= 15 is 0 Å². The van der Waals surface area contributed by atoms with Gasteiger partial charge in [0.1, 0.15) is 5.69 Å². The van der Waals surface area contributed by atoms with Crippen LogP contribution in [-0.4, -0.2) is 58.2 Å². The van der Waals surface area contributed by atoms with Gasteiger partial charge in [0.15, 0.2) is 17.5 Å². The number of hydrogen-bond acceptors (Lipinski definition) is 4. The first-order valence-electron chi connectivity index (χ1n) is 9.18. The highest BCUT2D eigenvalue weighted by Crippen LogP contribution is 2.27. The largest absolute Gasteiger partial charge is 0.352 e. The third kappa shape index (κ3) is 3.81. The monoisotopic (exact) mass is 398 g/mol. The van der Waals surface area contributed by atoms with Crippen LogP contribution >= 0.6 is 0 Å². The second-order valence-electron chi connectivity index (χ2n) is 7.11. The van der Waals surface area contributed by atoms with Crippen LogP contribution in [0.15, 0.2) is 30.3 Å². The molecule has 29 heavy (non-hydrogen) atoms. The molecule has 0 aliphatic heterocycles. The number of halogens is 2. The van der Waals surface area contributed by atoms with E-state index in [9.17, 15) is 13.6 Å². The smallest absolute Gasteiger partial charge is 0.251 e. The summed E-state index contributed by atoms with van der Waals surface area (Å²) in [6.45, 7) is 1.46. The first-order chi connectivity index (χ1) is 13.9. The lowest BCUT2D eigenvalue weighted by atomic mass is 10.1. The van der Waals surface area contributed by atoms with Gasteiger partial charge >= 0.3 is 0 Å². The van der Waals surface area contributed by atoms with Gasteiger partial charge in [0, 0.05) is 29.6 Å². The van der Waals surface area contributed by atoms with E-state index in [1.54, 1.807) is 18.2 Å². The molecule has 0 atom stereocenters. The Balaban J connectivity index is 1.63. The highest BCUT2D eigenvalue weighted by Gasteiger charge is 2.16. The molecular weight excluding hydrogens is 378 g/mol. The van der Waals surface area contributed by atoms with Crippen molar-refractivity contribution < 1.29 is 13.6 Å². The van der Waals surface area contributed by atoms with Crippen LogP contribution in [0, 0.1) is 11.6 Å². The van der Waals surface area contributed by atoms with Crippen molar-refractivity contribution in [3.63, 3.8) is 0 Å². The van der Waals surface area contributed by atoms with Crippen molar-refractivity contribution in [2.75, 3.05) is 27.2 Å². The van der Waals surface area contributed by atoms with E-state index < -0.39 is 11.6 Å². The van der Waals surface area contributed by atoms with Gasteiger partial charge in [0.05, 0.1) is 16.6 Å². The standard InChI is InChI=1S/C20H20F2N6O/c1-28(2)7-3-6-23-20(29)11-4-5-15-12(8-11)18(27-26-15)19-24-16-9-13(21)14(22)10-17(16)25-19/h4-5,8-10H,3,6-7H2,1-2H3,(H,23,29)(H,24,25)(H,26,27). The zero-order valence-electron chi connectivity index (χ0n) is 16.0. The van der Waals surface area contributed by atoms with Crippen molar-refractivity contribution in [1.82, 2.24) is 30.4 Å². The van der Waals surface area contributed by atoms with Gasteiger partial charge in [-0.15, -0.1) is 0 Å². The molecule has 3 N–H and O–H groups in total. The lowest BCUT2D eigenvalue weighted by Gasteiger charge is -2.10. The molecule has 1 amide bonds. The molecule has 4 aromatic rings. The molecule has 4 rings (SSSR count). The second-order valence-corrected chi connectivity index (χ2v) is 7.11. The summed E-state index contributed by atoms with van der Waals surface area (Å²) < 4.78 is 26.9. The molecular formula is C20H20F2N6O. The lowest BCUT2D eigenvalue weighted by Crippen LogP contribution is -2.27. The maximum atomic E-state index is 13.5. The highest BCUT2D eigenvalue weighted by molar-refractivity contribution is 6.01. The Morgan fingerprint density at radius 3 is 2.72 bits per heavy atom. The molecule has 0 unspecified atom stereocenters. The quantitative estimate of drug-likeness (QED) is 0.436. The van der Waals surface area contributed by atoms with Gasteiger partial charge in [0.2, 0.25) is 0 Å². The molecule has 0 aliphatic carbocycles. The molecule has 0 saturated heterocycles. The number of nitrogens with one attached hydrogen (secondary N) is 3. The summed E-state index contributed by atoms with van der Waals surface area (Å²) in [7, 11) is 3.97. The van der Waals surface area contributed by atoms with Gasteiger partial charge in [-0.1, -0.05) is 0 Å². The molecule has 2 aromatic heterocycles. The number of aromatic nitrogens is 4. The Morgan fingerprint density at radius 1 is 1.14 bits per heavy atom. The minimum atomic E-state index is -0.962. The Bertz CT molecular complexity index is 1160. The van der Waals surface area contributed by atoms with Crippen LogP contribution in [0.3, 0.4) is 0 Å². The van der Waals surface area contributed by atoms with E-state index in [2.05, 4.69) is 30.4 Å². The SMILES string of the molecule is CN(C)CCCNC(=O)c1ccc2[nH]nc(-c3nc4cc(F)c(F)cc4[nH]3)c2c1. The van der Waals surface area contributed by atoms with Crippen molar-refractivity contribution in [3.8, 4) is 11.5 Å². The Labute approximate surface area is 165 Å². The summed E-state index contributed by atoms with van der Waals surface area (Å²) in [6, 6.07) is 7.30. The topological polar surface area (TPSA) is 89.7 Å². The molecule has 0 fully saturated rings. The highest BCUT2D eigenvalue weighted by atomic mass is 19.2. The third-order valence-electron chi connectivity index (χ3n) is 4.64. The average molecular weight is 398 g/mol. The summed E-state index contributed by atoms with van der Waals surface area (Å²) in [5, 5.41) is 10.7. The minimum absolute atomic E-state index is 0.174. The fourth-order valence-corrected chi connectivity index (χ4v) is 3.15. The second kappa shape index (κ2) is 7.59. The number of benzene rings is 2. The van der Waals surface area contributed by atoms with Crippen LogP contribution in [0.5, 0.6) is 0 Å². The molecule has 7 nitrogen and oxygen atoms in total. The third-order valence-corrected chi connectivity index (χ3v) is 4.64. The van der Waals surface area contributed by atoms with Crippen molar-refractivity contribution in [2.45, 2.75) is 6.42 Å². The van der Waals surface area contributed by atoms with Crippen LogP contribution in [-0.2, 0) is 0 Å². The minimum Gasteiger partial charge on any atom is -0.352 e. The zero-order valence-corrected chi connectivity index (χ0v) is 16.0. The van der Waals surface area contributed by atoms with Crippen LogP contribution in [0.4, 0.5) is 8.78 Å². The molecule has 2 aromatic carbocycles. The van der Waals surface area contributed by atoms with Crippen molar-refractivity contribution >= 4 is 27.8 Å². The molecule has 9 heteroatoms. The van der Waals surface area contributed by atoms with Crippen LogP contribution in [0.1, 0.15) is 16.8 Å². The summed E-state index contributed by atoms with van der Waals surface area (Å²) in [5.41, 5.74) is 2.36. The van der Waals surface area contributed by atoms with Crippen molar-refractivity contribution in [2.24, 2.45) is 0 Å². The van der Waals surface area contributed by atoms with Crippen LogP contribution < -0.4 is 5.32 Å². The number of amides is 1. The van der Waals surface area contributed by atoms with Gasteiger partial charge in [-0.2, -0.15) is 5.10 Å².